The van der Waals surface area contributed by atoms with Crippen molar-refractivity contribution in [2.75, 3.05) is 19.7 Å². The molecule has 0 rings (SSSR count). The van der Waals surface area contributed by atoms with Crippen molar-refractivity contribution < 1.29 is 14.3 Å². The minimum atomic E-state index is -0.377. The summed E-state index contributed by atoms with van der Waals surface area (Å²) in [5.41, 5.74) is 0. The number of alkyl carbamates (subject to hydrolysis) is 1. The summed E-state index contributed by atoms with van der Waals surface area (Å²) in [5, 5.41) is 5.50. The molecule has 1 atom stereocenters. The van der Waals surface area contributed by atoms with Crippen LogP contribution in [0, 0.1) is 5.92 Å². The number of rotatable bonds is 16. The maximum atomic E-state index is 11.8. The quantitative estimate of drug-likeness (QED) is 0.391. The van der Waals surface area contributed by atoms with Gasteiger partial charge in [0.1, 0.15) is 0 Å². The second kappa shape index (κ2) is 17.6. The van der Waals surface area contributed by atoms with Crippen molar-refractivity contribution >= 4 is 12.0 Å². The lowest BCUT2D eigenvalue weighted by atomic mass is 9.96. The monoisotopic (exact) mass is 356 g/mol. The van der Waals surface area contributed by atoms with E-state index < -0.39 is 0 Å². The number of unbranched alkanes of at least 4 members (excludes halogenated alkanes) is 5. The SMILES string of the molecule is CCCCCCC(CCCC)COC(=O)NCCNC(=O)CCCC. The highest BCUT2D eigenvalue weighted by atomic mass is 16.5. The largest absolute Gasteiger partial charge is 0.449 e. The van der Waals surface area contributed by atoms with Crippen LogP contribution in [0.3, 0.4) is 0 Å². The van der Waals surface area contributed by atoms with Crippen LogP contribution >= 0.6 is 0 Å². The van der Waals surface area contributed by atoms with Crippen molar-refractivity contribution in [1.82, 2.24) is 10.6 Å². The first kappa shape index (κ1) is 23.7. The Morgan fingerprint density at radius 2 is 1.44 bits per heavy atom. The molecule has 1 unspecified atom stereocenters. The highest BCUT2D eigenvalue weighted by Gasteiger charge is 2.11. The standard InChI is InChI=1S/C20H40N2O3/c1-4-7-10-11-13-18(12-8-5-2)17-25-20(24)22-16-15-21-19(23)14-9-6-3/h18H,4-17H2,1-3H3,(H,21,23)(H,22,24). The molecule has 0 bridgehead atoms. The number of nitrogens with one attached hydrogen (secondary N) is 2. The van der Waals surface area contributed by atoms with E-state index >= 15 is 0 Å². The molecule has 5 nitrogen and oxygen atoms in total. The predicted octanol–water partition coefficient (Wildman–Crippen LogP) is 4.80. The van der Waals surface area contributed by atoms with Gasteiger partial charge in [0.05, 0.1) is 6.61 Å². The third-order valence-electron chi connectivity index (χ3n) is 4.36. The molecule has 0 saturated carbocycles. The molecule has 0 radical (unpaired) electrons. The zero-order valence-electron chi connectivity index (χ0n) is 16.7. The van der Waals surface area contributed by atoms with Gasteiger partial charge in [-0.2, -0.15) is 0 Å². The molecule has 0 aromatic carbocycles. The van der Waals surface area contributed by atoms with E-state index in [1.165, 1.54) is 38.5 Å². The smallest absolute Gasteiger partial charge is 0.407 e. The molecule has 0 aromatic heterocycles. The molecule has 5 heteroatoms. The van der Waals surface area contributed by atoms with Crippen LogP contribution in [0.4, 0.5) is 4.79 Å². The Labute approximate surface area is 154 Å². The summed E-state index contributed by atoms with van der Waals surface area (Å²) < 4.78 is 5.37. The van der Waals surface area contributed by atoms with Crippen molar-refractivity contribution in [2.24, 2.45) is 5.92 Å². The van der Waals surface area contributed by atoms with E-state index in [0.29, 0.717) is 32.0 Å². The van der Waals surface area contributed by atoms with Crippen LogP contribution < -0.4 is 10.6 Å². The van der Waals surface area contributed by atoms with Crippen LogP contribution in [0.5, 0.6) is 0 Å². The normalized spacial score (nSPS) is 11.8. The third-order valence-corrected chi connectivity index (χ3v) is 4.36. The van der Waals surface area contributed by atoms with E-state index in [0.717, 1.165) is 25.7 Å². The van der Waals surface area contributed by atoms with Gasteiger partial charge in [-0.1, -0.05) is 65.7 Å². The van der Waals surface area contributed by atoms with E-state index in [4.69, 9.17) is 4.74 Å². The Balaban J connectivity index is 3.82. The van der Waals surface area contributed by atoms with Gasteiger partial charge >= 0.3 is 6.09 Å². The fourth-order valence-corrected chi connectivity index (χ4v) is 2.70. The molecule has 0 fully saturated rings. The van der Waals surface area contributed by atoms with Crippen molar-refractivity contribution in [3.8, 4) is 0 Å². The lowest BCUT2D eigenvalue weighted by molar-refractivity contribution is -0.121. The van der Waals surface area contributed by atoms with Gasteiger partial charge in [-0.3, -0.25) is 4.79 Å². The summed E-state index contributed by atoms with van der Waals surface area (Å²) in [6.07, 6.45) is 11.7. The Morgan fingerprint density at radius 3 is 2.12 bits per heavy atom. The van der Waals surface area contributed by atoms with Gasteiger partial charge in [0.25, 0.3) is 0 Å². The maximum Gasteiger partial charge on any atom is 0.407 e. The second-order valence-corrected chi connectivity index (χ2v) is 6.84. The Morgan fingerprint density at radius 1 is 0.800 bits per heavy atom. The number of ether oxygens (including phenoxy) is 1. The van der Waals surface area contributed by atoms with Crippen LogP contribution in [0.1, 0.15) is 91.4 Å². The Bertz CT molecular complexity index is 335. The van der Waals surface area contributed by atoms with Crippen LogP contribution in [0.15, 0.2) is 0 Å². The first-order valence-electron chi connectivity index (χ1n) is 10.3. The highest BCUT2D eigenvalue weighted by molar-refractivity contribution is 5.75. The van der Waals surface area contributed by atoms with Gasteiger partial charge in [0, 0.05) is 19.5 Å². The molecule has 2 N–H and O–H groups in total. The third kappa shape index (κ3) is 16.0. The van der Waals surface area contributed by atoms with Gasteiger partial charge in [-0.05, 0) is 25.2 Å². The number of hydrogen-bond donors (Lipinski definition) is 2. The molecule has 25 heavy (non-hydrogen) atoms. The topological polar surface area (TPSA) is 67.4 Å². The molecule has 2 amide bonds. The molecular weight excluding hydrogens is 316 g/mol. The van der Waals surface area contributed by atoms with Gasteiger partial charge in [-0.15, -0.1) is 0 Å². The molecular formula is C20H40N2O3. The minimum absolute atomic E-state index is 0.0451. The fraction of sp³-hybridized carbons (Fsp3) is 0.900. The van der Waals surface area contributed by atoms with Gasteiger partial charge in [-0.25, -0.2) is 4.79 Å². The second-order valence-electron chi connectivity index (χ2n) is 6.84. The van der Waals surface area contributed by atoms with Crippen molar-refractivity contribution in [1.29, 1.82) is 0 Å². The van der Waals surface area contributed by atoms with Crippen LogP contribution in [-0.4, -0.2) is 31.7 Å². The summed E-state index contributed by atoms with van der Waals surface area (Å²) in [5.74, 6) is 0.514. The van der Waals surface area contributed by atoms with Crippen LogP contribution in [0.2, 0.25) is 0 Å². The lowest BCUT2D eigenvalue weighted by Gasteiger charge is -2.17. The highest BCUT2D eigenvalue weighted by Crippen LogP contribution is 2.17. The summed E-state index contributed by atoms with van der Waals surface area (Å²) in [6, 6.07) is 0. The number of hydrogen-bond acceptors (Lipinski definition) is 3. The van der Waals surface area contributed by atoms with Gasteiger partial charge in [0.2, 0.25) is 5.91 Å². The van der Waals surface area contributed by atoms with Gasteiger partial charge in [0.15, 0.2) is 0 Å². The van der Waals surface area contributed by atoms with E-state index in [1.807, 2.05) is 0 Å². The average molecular weight is 357 g/mol. The molecule has 148 valence electrons. The van der Waals surface area contributed by atoms with Crippen LogP contribution in [0.25, 0.3) is 0 Å². The zero-order valence-corrected chi connectivity index (χ0v) is 16.7. The first-order valence-corrected chi connectivity index (χ1v) is 10.3. The molecule has 0 aliphatic rings. The predicted molar refractivity (Wildman–Crippen MR) is 104 cm³/mol. The molecule has 0 aliphatic heterocycles. The van der Waals surface area contributed by atoms with E-state index in [9.17, 15) is 9.59 Å². The number of carbonyl (C=O) groups is 2. The van der Waals surface area contributed by atoms with Gasteiger partial charge < -0.3 is 15.4 Å². The molecule has 0 heterocycles. The Hall–Kier alpha value is -1.26. The van der Waals surface area contributed by atoms with Crippen LogP contribution in [-0.2, 0) is 9.53 Å². The van der Waals surface area contributed by atoms with Crippen molar-refractivity contribution in [3.05, 3.63) is 0 Å². The van der Waals surface area contributed by atoms with E-state index in [1.54, 1.807) is 0 Å². The van der Waals surface area contributed by atoms with E-state index in [-0.39, 0.29) is 12.0 Å². The first-order chi connectivity index (χ1) is 12.1. The van der Waals surface area contributed by atoms with E-state index in [2.05, 4.69) is 31.4 Å². The summed E-state index contributed by atoms with van der Waals surface area (Å²) in [6.45, 7) is 7.83. The summed E-state index contributed by atoms with van der Waals surface area (Å²) in [7, 11) is 0. The average Bonchev–Trinajstić information content (AvgIpc) is 2.62. The van der Waals surface area contributed by atoms with Crippen molar-refractivity contribution in [2.45, 2.75) is 91.4 Å². The number of carbonyl (C=O) groups excluding carboxylic acids is 2. The van der Waals surface area contributed by atoms with Crippen molar-refractivity contribution in [3.63, 3.8) is 0 Å². The zero-order chi connectivity index (χ0) is 18.8. The summed E-state index contributed by atoms with van der Waals surface area (Å²) >= 11 is 0. The molecule has 0 aromatic rings. The molecule has 0 aliphatic carbocycles. The molecule has 0 spiro atoms. The fourth-order valence-electron chi connectivity index (χ4n) is 2.70. The Kier molecular flexibility index (Phi) is 16.7. The number of amides is 2. The maximum absolute atomic E-state index is 11.8. The summed E-state index contributed by atoms with van der Waals surface area (Å²) in [4.78, 5) is 23.2. The molecule has 0 saturated heterocycles. The minimum Gasteiger partial charge on any atom is -0.449 e. The lowest BCUT2D eigenvalue weighted by Crippen LogP contribution is -2.35.